The molecule has 1 aromatic carbocycles. The molecule has 0 spiro atoms. The van der Waals surface area contributed by atoms with E-state index < -0.39 is 9.84 Å². The van der Waals surface area contributed by atoms with Crippen LogP contribution in [0.15, 0.2) is 29.3 Å². The third kappa shape index (κ3) is 8.74. The van der Waals surface area contributed by atoms with E-state index in [2.05, 4.69) is 20.9 Å². The summed E-state index contributed by atoms with van der Waals surface area (Å²) in [6.45, 7) is 2.74. The molecule has 1 unspecified atom stereocenters. The van der Waals surface area contributed by atoms with Gasteiger partial charge < -0.3 is 16.0 Å². The highest BCUT2D eigenvalue weighted by Gasteiger charge is 2.10. The molecule has 3 N–H and O–H groups in total. The molecule has 1 aromatic rings. The van der Waals surface area contributed by atoms with Crippen molar-refractivity contribution in [3.63, 3.8) is 0 Å². The summed E-state index contributed by atoms with van der Waals surface area (Å²) in [4.78, 5) is 16.1. The Kier molecular flexibility index (Phi) is 8.71. The van der Waals surface area contributed by atoms with E-state index in [9.17, 15) is 13.2 Å². The van der Waals surface area contributed by atoms with Crippen molar-refractivity contribution in [2.45, 2.75) is 19.4 Å². The molecule has 0 fully saturated rings. The van der Waals surface area contributed by atoms with Gasteiger partial charge in [0.05, 0.1) is 16.3 Å². The van der Waals surface area contributed by atoms with Crippen molar-refractivity contribution < 1.29 is 13.2 Å². The fraction of sp³-hybridized carbons (Fsp3) is 0.500. The first-order valence-electron chi connectivity index (χ1n) is 7.90. The molecule has 0 aliphatic heterocycles. The summed E-state index contributed by atoms with van der Waals surface area (Å²) in [7, 11) is -1.35. The Morgan fingerprint density at radius 1 is 1.24 bits per heavy atom. The van der Waals surface area contributed by atoms with E-state index >= 15 is 0 Å². The molecule has 25 heavy (non-hydrogen) atoms. The molecule has 0 saturated carbocycles. The van der Waals surface area contributed by atoms with Crippen molar-refractivity contribution >= 4 is 33.3 Å². The first kappa shape index (κ1) is 21.2. The van der Waals surface area contributed by atoms with Crippen molar-refractivity contribution in [3.05, 3.63) is 34.9 Å². The number of hydrogen-bond acceptors (Lipinski definition) is 4. The highest BCUT2D eigenvalue weighted by atomic mass is 35.5. The minimum absolute atomic E-state index is 0.0429. The number of rotatable bonds is 8. The first-order chi connectivity index (χ1) is 11.7. The third-order valence-corrected chi connectivity index (χ3v) is 4.66. The zero-order valence-corrected chi connectivity index (χ0v) is 16.2. The van der Waals surface area contributed by atoms with Crippen molar-refractivity contribution in [2.75, 3.05) is 32.1 Å². The van der Waals surface area contributed by atoms with Gasteiger partial charge in [-0.25, -0.2) is 8.42 Å². The van der Waals surface area contributed by atoms with E-state index in [1.165, 1.54) is 6.26 Å². The molecule has 0 heterocycles. The van der Waals surface area contributed by atoms with Gasteiger partial charge in [0.2, 0.25) is 0 Å². The number of benzene rings is 1. The van der Waals surface area contributed by atoms with E-state index in [0.29, 0.717) is 36.1 Å². The molecule has 1 atom stereocenters. The van der Waals surface area contributed by atoms with Crippen LogP contribution < -0.4 is 16.0 Å². The number of hydrogen-bond donors (Lipinski definition) is 3. The topological polar surface area (TPSA) is 99.7 Å². The molecule has 0 radical (unpaired) electrons. The van der Waals surface area contributed by atoms with Crippen LogP contribution in [0.25, 0.3) is 0 Å². The standard InChI is InChI=1S/C16H25ClN4O3S/c1-12(8-11-25(3,23)24)21-16(18-2)20-10-9-19-15(22)13-6-4-5-7-14(13)17/h4-7,12H,8-11H2,1-3H3,(H,19,22)(H2,18,20,21). The van der Waals surface area contributed by atoms with Gasteiger partial charge in [-0.3, -0.25) is 9.79 Å². The molecule has 7 nitrogen and oxygen atoms in total. The quantitative estimate of drug-likeness (QED) is 0.351. The lowest BCUT2D eigenvalue weighted by atomic mass is 10.2. The van der Waals surface area contributed by atoms with Crippen LogP contribution in [-0.4, -0.2) is 58.5 Å². The van der Waals surface area contributed by atoms with Crippen molar-refractivity contribution in [1.82, 2.24) is 16.0 Å². The second-order valence-electron chi connectivity index (χ2n) is 5.70. The molecule has 0 saturated heterocycles. The van der Waals surface area contributed by atoms with Crippen molar-refractivity contribution in [3.8, 4) is 0 Å². The van der Waals surface area contributed by atoms with Gasteiger partial charge in [0.15, 0.2) is 5.96 Å². The summed E-state index contributed by atoms with van der Waals surface area (Å²) >= 11 is 5.98. The largest absolute Gasteiger partial charge is 0.355 e. The number of sulfone groups is 1. The predicted octanol–water partition coefficient (Wildman–Crippen LogP) is 1.06. The average Bonchev–Trinajstić information content (AvgIpc) is 2.55. The lowest BCUT2D eigenvalue weighted by Gasteiger charge is -2.17. The molecule has 1 rings (SSSR count). The summed E-state index contributed by atoms with van der Waals surface area (Å²) < 4.78 is 22.4. The van der Waals surface area contributed by atoms with Gasteiger partial charge in [-0.1, -0.05) is 23.7 Å². The van der Waals surface area contributed by atoms with E-state index in [1.807, 2.05) is 6.92 Å². The molecule has 0 aliphatic rings. The number of amides is 1. The van der Waals surface area contributed by atoms with Crippen LogP contribution in [0.4, 0.5) is 0 Å². The predicted molar refractivity (Wildman–Crippen MR) is 102 cm³/mol. The minimum atomic E-state index is -2.98. The van der Waals surface area contributed by atoms with Crippen LogP contribution in [-0.2, 0) is 9.84 Å². The number of nitrogens with zero attached hydrogens (tertiary/aromatic N) is 1. The molecule has 0 bridgehead atoms. The van der Waals surface area contributed by atoms with Crippen molar-refractivity contribution in [1.29, 1.82) is 0 Å². The molecule has 1 amide bonds. The number of aliphatic imine (C=N–C) groups is 1. The average molecular weight is 389 g/mol. The number of nitrogens with one attached hydrogen (secondary N) is 3. The zero-order chi connectivity index (χ0) is 18.9. The third-order valence-electron chi connectivity index (χ3n) is 3.35. The van der Waals surface area contributed by atoms with E-state index in [4.69, 9.17) is 11.6 Å². The fourth-order valence-electron chi connectivity index (χ4n) is 1.99. The highest BCUT2D eigenvalue weighted by Crippen LogP contribution is 2.14. The smallest absolute Gasteiger partial charge is 0.252 e. The maximum atomic E-state index is 12.0. The van der Waals surface area contributed by atoms with E-state index in [0.717, 1.165) is 0 Å². The normalized spacial score (nSPS) is 13.2. The maximum Gasteiger partial charge on any atom is 0.252 e. The fourth-order valence-corrected chi connectivity index (χ4v) is 2.99. The SMILES string of the molecule is CN=C(NCCNC(=O)c1ccccc1Cl)NC(C)CCS(C)(=O)=O. The van der Waals surface area contributed by atoms with Gasteiger partial charge in [-0.05, 0) is 25.5 Å². The Balaban J connectivity index is 2.34. The Hall–Kier alpha value is -1.80. The number of carbonyl (C=O) groups is 1. The first-order valence-corrected chi connectivity index (χ1v) is 10.3. The van der Waals surface area contributed by atoms with Gasteiger partial charge in [0, 0.05) is 32.4 Å². The van der Waals surface area contributed by atoms with E-state index in [1.54, 1.807) is 31.3 Å². The second kappa shape index (κ2) is 10.2. The molecular formula is C16H25ClN4O3S. The van der Waals surface area contributed by atoms with E-state index in [-0.39, 0.29) is 17.7 Å². The van der Waals surface area contributed by atoms with Gasteiger partial charge in [0.1, 0.15) is 9.84 Å². The van der Waals surface area contributed by atoms with Crippen LogP contribution >= 0.6 is 11.6 Å². The van der Waals surface area contributed by atoms with Crippen molar-refractivity contribution in [2.24, 2.45) is 4.99 Å². The van der Waals surface area contributed by atoms with Crippen LogP contribution in [0.2, 0.25) is 5.02 Å². The van der Waals surface area contributed by atoms with Gasteiger partial charge in [-0.2, -0.15) is 0 Å². The summed E-state index contributed by atoms with van der Waals surface area (Å²) in [5.41, 5.74) is 0.432. The maximum absolute atomic E-state index is 12.0. The van der Waals surface area contributed by atoms with Gasteiger partial charge in [0.25, 0.3) is 5.91 Å². The number of guanidine groups is 1. The summed E-state index contributed by atoms with van der Waals surface area (Å²) in [5, 5.41) is 9.35. The summed E-state index contributed by atoms with van der Waals surface area (Å²) in [5.74, 6) is 0.427. The Bertz CT molecular complexity index is 707. The molecule has 9 heteroatoms. The minimum Gasteiger partial charge on any atom is -0.355 e. The molecular weight excluding hydrogens is 364 g/mol. The number of halogens is 1. The van der Waals surface area contributed by atoms with Crippen LogP contribution in [0.1, 0.15) is 23.7 Å². The van der Waals surface area contributed by atoms with Crippen LogP contribution in [0.3, 0.4) is 0 Å². The molecule has 0 aromatic heterocycles. The summed E-state index contributed by atoms with van der Waals surface area (Å²) in [6, 6.07) is 6.80. The number of carbonyl (C=O) groups excluding carboxylic acids is 1. The van der Waals surface area contributed by atoms with Crippen LogP contribution in [0, 0.1) is 0 Å². The second-order valence-corrected chi connectivity index (χ2v) is 8.37. The monoisotopic (exact) mass is 388 g/mol. The molecule has 0 aliphatic carbocycles. The lowest BCUT2D eigenvalue weighted by molar-refractivity contribution is 0.0954. The highest BCUT2D eigenvalue weighted by molar-refractivity contribution is 7.90. The Morgan fingerprint density at radius 2 is 1.88 bits per heavy atom. The lowest BCUT2D eigenvalue weighted by Crippen LogP contribution is -2.45. The van der Waals surface area contributed by atoms with Gasteiger partial charge >= 0.3 is 0 Å². The molecule has 140 valence electrons. The summed E-state index contributed by atoms with van der Waals surface area (Å²) in [6.07, 6.45) is 1.71. The Morgan fingerprint density at radius 3 is 2.48 bits per heavy atom. The zero-order valence-electron chi connectivity index (χ0n) is 14.7. The van der Waals surface area contributed by atoms with Gasteiger partial charge in [-0.15, -0.1) is 0 Å². The van der Waals surface area contributed by atoms with Crippen LogP contribution in [0.5, 0.6) is 0 Å². The Labute approximate surface area is 154 Å².